The van der Waals surface area contributed by atoms with E-state index < -0.39 is 47.1 Å². The van der Waals surface area contributed by atoms with Crippen molar-refractivity contribution in [3.05, 3.63) is 72.9 Å². The van der Waals surface area contributed by atoms with E-state index in [4.69, 9.17) is 10.2 Å². The molecular weight excluding hydrogens is 838 g/mol. The number of carbonyl (C=O) groups is 4. The Labute approximate surface area is 321 Å². The fourth-order valence-corrected chi connectivity index (χ4v) is 3.84. The number of aliphatic hydroxyl groups is 2. The van der Waals surface area contributed by atoms with Crippen LogP contribution in [0.2, 0.25) is 0 Å². The molecule has 0 aliphatic heterocycles. The summed E-state index contributed by atoms with van der Waals surface area (Å²) in [5.74, 6) is -0.592. The van der Waals surface area contributed by atoms with Crippen molar-refractivity contribution in [2.45, 2.75) is 123 Å². The molecule has 0 spiro atoms. The molecule has 0 aromatic carbocycles. The minimum absolute atomic E-state index is 0.0218. The molecule has 0 heterocycles. The van der Waals surface area contributed by atoms with Crippen LogP contribution in [0.3, 0.4) is 0 Å². The normalized spacial score (nSPS) is 12.4. The molecular formula is C37H54F9IO6. The lowest BCUT2D eigenvalue weighted by atomic mass is 10.1. The van der Waals surface area contributed by atoms with Gasteiger partial charge in [-0.2, -0.15) is 39.5 Å². The van der Waals surface area contributed by atoms with Crippen LogP contribution in [-0.4, -0.2) is 69.5 Å². The molecule has 16 heteroatoms. The summed E-state index contributed by atoms with van der Waals surface area (Å²) in [7, 11) is 1.00. The number of hydrogen-bond acceptors (Lipinski definition) is 6. The zero-order valence-corrected chi connectivity index (χ0v) is 33.1. The minimum atomic E-state index is -4.44. The summed E-state index contributed by atoms with van der Waals surface area (Å²) < 4.78 is 110. The van der Waals surface area contributed by atoms with E-state index in [2.05, 4.69) is 26.7 Å². The summed E-state index contributed by atoms with van der Waals surface area (Å²) in [6.07, 6.45) is -4.51. The van der Waals surface area contributed by atoms with Crippen molar-refractivity contribution in [3.63, 3.8) is 0 Å². The third-order valence-corrected chi connectivity index (χ3v) is 6.40. The highest BCUT2D eigenvalue weighted by atomic mass is 127. The monoisotopic (exact) mass is 892 g/mol. The lowest BCUT2D eigenvalue weighted by Gasteiger charge is -2.10. The predicted molar refractivity (Wildman–Crippen MR) is 200 cm³/mol. The Kier molecular flexibility index (Phi) is 39.1. The zero-order valence-electron chi connectivity index (χ0n) is 31.0. The first kappa shape index (κ1) is 59.4. The summed E-state index contributed by atoms with van der Waals surface area (Å²) in [5.41, 5.74) is -1.94. The summed E-state index contributed by atoms with van der Waals surface area (Å²) in [5, 5.41) is 16.0. The van der Waals surface area contributed by atoms with Gasteiger partial charge in [-0.1, -0.05) is 78.8 Å². The van der Waals surface area contributed by atoms with Crippen LogP contribution in [0.15, 0.2) is 72.9 Å². The molecule has 6 nitrogen and oxygen atoms in total. The second-order valence-electron chi connectivity index (χ2n) is 10.8. The van der Waals surface area contributed by atoms with Crippen molar-refractivity contribution >= 4 is 45.7 Å². The minimum Gasteiger partial charge on any atom is -0.400 e. The number of allylic oxidation sites excluding steroid dienone is 8. The average molecular weight is 893 g/mol. The number of ketones is 4. The number of aliphatic hydroxyl groups excluding tert-OH is 2. The predicted octanol–water partition coefficient (Wildman–Crippen LogP) is 11.0. The van der Waals surface area contributed by atoms with Crippen molar-refractivity contribution in [3.8, 4) is 0 Å². The van der Waals surface area contributed by atoms with Crippen LogP contribution < -0.4 is 0 Å². The van der Waals surface area contributed by atoms with Crippen LogP contribution in [0.5, 0.6) is 0 Å². The average Bonchev–Trinajstić information content (AvgIpc) is 3.02. The highest BCUT2D eigenvalue weighted by Crippen LogP contribution is 2.30. The molecule has 0 aliphatic rings. The van der Waals surface area contributed by atoms with Gasteiger partial charge in [-0.25, -0.2) is 0 Å². The van der Waals surface area contributed by atoms with Gasteiger partial charge in [0.1, 0.15) is 23.5 Å². The maximum atomic E-state index is 12.3. The number of halogens is 10. The topological polar surface area (TPSA) is 109 Å². The van der Waals surface area contributed by atoms with Crippen LogP contribution in [0.1, 0.15) is 98.3 Å². The lowest BCUT2D eigenvalue weighted by molar-refractivity contribution is -0.126. The van der Waals surface area contributed by atoms with Crippen LogP contribution >= 0.6 is 22.6 Å². The smallest absolute Gasteiger partial charge is 0.400 e. The maximum absolute atomic E-state index is 12.3. The van der Waals surface area contributed by atoms with Gasteiger partial charge in [0.15, 0.2) is 5.78 Å². The molecule has 0 rings (SSSR count). The molecule has 0 bridgehead atoms. The highest BCUT2D eigenvalue weighted by molar-refractivity contribution is 14.1. The van der Waals surface area contributed by atoms with Gasteiger partial charge >= 0.3 is 18.5 Å². The second-order valence-corrected chi connectivity index (χ2v) is 11.7. The fraction of sp³-hybridized carbons (Fsp3) is 0.568. The van der Waals surface area contributed by atoms with Gasteiger partial charge in [-0.05, 0) is 59.3 Å². The van der Waals surface area contributed by atoms with E-state index >= 15 is 0 Å². The lowest BCUT2D eigenvalue weighted by Crippen LogP contribution is -2.17. The van der Waals surface area contributed by atoms with Crippen molar-refractivity contribution in [1.82, 2.24) is 0 Å². The Bertz CT molecular complexity index is 1170. The summed E-state index contributed by atoms with van der Waals surface area (Å²) in [6, 6.07) is 0. The molecule has 0 unspecified atom stereocenters. The summed E-state index contributed by atoms with van der Waals surface area (Å²) in [4.78, 5) is 42.5. The van der Waals surface area contributed by atoms with Crippen LogP contribution in [-0.2, 0) is 19.2 Å². The van der Waals surface area contributed by atoms with E-state index in [-0.39, 0.29) is 62.3 Å². The summed E-state index contributed by atoms with van der Waals surface area (Å²) in [6.45, 7) is 15.7. The number of hydrogen-bond donors (Lipinski definition) is 2. The Hall–Kier alpha value is -2.86. The molecule has 0 aromatic heterocycles. The van der Waals surface area contributed by atoms with Gasteiger partial charge in [0.05, 0.1) is 6.42 Å². The number of alkyl halides is 10. The van der Waals surface area contributed by atoms with E-state index in [1.54, 1.807) is 0 Å². The first-order valence-corrected chi connectivity index (χ1v) is 17.7. The van der Waals surface area contributed by atoms with E-state index in [0.29, 0.717) is 10.8 Å². The van der Waals surface area contributed by atoms with E-state index in [1.807, 2.05) is 22.6 Å². The third kappa shape index (κ3) is 41.8. The van der Waals surface area contributed by atoms with Gasteiger partial charge in [-0.15, -0.1) is 19.7 Å². The Morgan fingerprint density at radius 2 is 1.06 bits per heavy atom. The molecule has 308 valence electrons. The molecule has 0 saturated carbocycles. The first-order valence-electron chi connectivity index (χ1n) is 16.2. The van der Waals surface area contributed by atoms with Crippen LogP contribution in [0, 0.1) is 0 Å². The molecule has 0 aliphatic carbocycles. The largest absolute Gasteiger partial charge is 0.412 e. The van der Waals surface area contributed by atoms with Gasteiger partial charge in [0.25, 0.3) is 0 Å². The molecule has 0 aromatic rings. The van der Waals surface area contributed by atoms with Gasteiger partial charge in [0.2, 0.25) is 0 Å². The standard InChI is InChI=1S/C10H13F3O2.C10H13F3O.C9H16O2.C7H8F3I.CH4O/c1-3-4-8(10(11,12)13)5-6-9(15)7(2)14;1-3-5-9(10(11,12)13)7-4-6-8(2)14;1-3-4-5-6-9(11)7-8(2)10;1-2-3-6(4-5-11)7(8,9)10;1-2/h3,5,9,15H,1,4,6H2,2H3;3,7H,1,4-6H2,2H3;3-7H2,1-2H3;2,4H,1,3,5H2;2H,1H3/b8-5+;9-7+;;6-4+;/t9-;;;;/m0..../s1. The van der Waals surface area contributed by atoms with Crippen LogP contribution in [0.4, 0.5) is 39.5 Å². The number of carbonyl (C=O) groups excluding carboxylic acids is 4. The Balaban J connectivity index is -0.000000192. The van der Waals surface area contributed by atoms with Crippen molar-refractivity contribution in [2.24, 2.45) is 0 Å². The van der Waals surface area contributed by atoms with Crippen molar-refractivity contribution in [1.29, 1.82) is 0 Å². The molecule has 53 heavy (non-hydrogen) atoms. The fourth-order valence-electron chi connectivity index (χ4n) is 3.31. The Morgan fingerprint density at radius 3 is 1.36 bits per heavy atom. The zero-order chi connectivity index (χ0) is 42.8. The third-order valence-electron chi connectivity index (χ3n) is 5.96. The molecule has 0 radical (unpaired) electrons. The van der Waals surface area contributed by atoms with Crippen molar-refractivity contribution in [2.75, 3.05) is 11.5 Å². The molecule has 0 amide bonds. The molecule has 0 saturated heterocycles. The molecule has 1 atom stereocenters. The van der Waals surface area contributed by atoms with Gasteiger partial charge in [-0.3, -0.25) is 14.4 Å². The molecule has 2 N–H and O–H groups in total. The maximum Gasteiger partial charge on any atom is 0.412 e. The second kappa shape index (κ2) is 34.9. The van der Waals surface area contributed by atoms with Crippen molar-refractivity contribution < 1.29 is 68.9 Å². The number of unbranched alkanes of at least 4 members (excludes halogenated alkanes) is 2. The highest BCUT2D eigenvalue weighted by Gasteiger charge is 2.33. The van der Waals surface area contributed by atoms with Gasteiger partial charge < -0.3 is 15.0 Å². The summed E-state index contributed by atoms with van der Waals surface area (Å²) >= 11 is 1.87. The SMILES string of the molecule is C=CC/C(=C\CCC(C)=O)C(F)(F)F.C=CC/C(=C\CI)C(F)(F)F.C=CC/C(=C\C[C@H](O)C(C)=O)C(F)(F)F.CCCCCC(=O)CC(C)=O.CO. The van der Waals surface area contributed by atoms with E-state index in [0.717, 1.165) is 51.5 Å². The number of Topliss-reactive ketones (excluding diaryl/α,β-unsaturated/α-hetero) is 4. The quantitative estimate of drug-likeness (QED) is 0.0334. The molecule has 0 fully saturated rings. The van der Waals surface area contributed by atoms with Crippen LogP contribution in [0.25, 0.3) is 0 Å². The first-order chi connectivity index (χ1) is 24.3. The van der Waals surface area contributed by atoms with E-state index in [1.165, 1.54) is 32.1 Å². The van der Waals surface area contributed by atoms with Gasteiger partial charge in [0, 0.05) is 41.1 Å². The van der Waals surface area contributed by atoms with E-state index in [9.17, 15) is 58.7 Å². The Morgan fingerprint density at radius 1 is 0.660 bits per heavy atom. The number of rotatable bonds is 19.